The van der Waals surface area contributed by atoms with Crippen LogP contribution in [0.15, 0.2) is 24.3 Å². The van der Waals surface area contributed by atoms with Crippen LogP contribution < -0.4 is 11.3 Å². The number of nitrogens with one attached hydrogen (secondary N) is 1. The summed E-state index contributed by atoms with van der Waals surface area (Å²) in [4.78, 5) is 0. The Hall–Kier alpha value is -0.970. The maximum absolute atomic E-state index is 12.5. The van der Waals surface area contributed by atoms with E-state index >= 15 is 0 Å². The van der Waals surface area contributed by atoms with Gasteiger partial charge in [-0.05, 0) is 24.6 Å². The number of benzene rings is 1. The molecule has 0 heterocycles. The van der Waals surface area contributed by atoms with Crippen LogP contribution in [0.2, 0.25) is 0 Å². The number of nitrogens with two attached hydrogens (primary N) is 1. The Morgan fingerprint density at radius 3 is 2.46 bits per heavy atom. The summed E-state index contributed by atoms with van der Waals surface area (Å²) < 4.78 is 12.5. The Labute approximate surface area is 76.3 Å². The molecular formula is C9H13FN2O. The second-order valence-electron chi connectivity index (χ2n) is 3.16. The fourth-order valence-electron chi connectivity index (χ4n) is 1.11. The zero-order valence-corrected chi connectivity index (χ0v) is 7.42. The average Bonchev–Trinajstić information content (AvgIpc) is 2.05. The highest BCUT2D eigenvalue weighted by Crippen LogP contribution is 2.19. The standard InChI is InChI=1S/C9H13FN2O/c1-9(13,6-12-11)7-2-4-8(10)5-3-7/h2-5,12-13H,6,11H2,1H3. The molecule has 1 atom stereocenters. The molecule has 1 unspecified atom stereocenters. The monoisotopic (exact) mass is 184 g/mol. The SMILES string of the molecule is CC(O)(CNN)c1ccc(F)cc1. The van der Waals surface area contributed by atoms with E-state index in [2.05, 4.69) is 5.43 Å². The highest BCUT2D eigenvalue weighted by Gasteiger charge is 2.21. The predicted molar refractivity (Wildman–Crippen MR) is 48.2 cm³/mol. The number of hydrogen-bond donors (Lipinski definition) is 3. The number of aliphatic hydroxyl groups is 1. The summed E-state index contributed by atoms with van der Waals surface area (Å²) >= 11 is 0. The third-order valence-corrected chi connectivity index (χ3v) is 1.91. The van der Waals surface area contributed by atoms with Gasteiger partial charge < -0.3 is 5.11 Å². The molecule has 0 aromatic heterocycles. The van der Waals surface area contributed by atoms with E-state index < -0.39 is 5.60 Å². The molecule has 0 amide bonds. The first-order valence-electron chi connectivity index (χ1n) is 3.98. The molecule has 13 heavy (non-hydrogen) atoms. The van der Waals surface area contributed by atoms with E-state index in [1.165, 1.54) is 24.3 Å². The molecular weight excluding hydrogens is 171 g/mol. The van der Waals surface area contributed by atoms with Crippen LogP contribution in [0.5, 0.6) is 0 Å². The lowest BCUT2D eigenvalue weighted by Crippen LogP contribution is -2.38. The number of hydrazine groups is 1. The van der Waals surface area contributed by atoms with Crippen LogP contribution in [0.1, 0.15) is 12.5 Å². The van der Waals surface area contributed by atoms with Gasteiger partial charge in [0.1, 0.15) is 11.4 Å². The van der Waals surface area contributed by atoms with E-state index in [1.54, 1.807) is 6.92 Å². The summed E-state index contributed by atoms with van der Waals surface area (Å²) in [6, 6.07) is 5.68. The van der Waals surface area contributed by atoms with Gasteiger partial charge in [-0.2, -0.15) is 0 Å². The van der Waals surface area contributed by atoms with E-state index in [4.69, 9.17) is 5.84 Å². The van der Waals surface area contributed by atoms with Crippen LogP contribution in [0.3, 0.4) is 0 Å². The minimum absolute atomic E-state index is 0.221. The maximum atomic E-state index is 12.5. The molecule has 4 heteroatoms. The van der Waals surface area contributed by atoms with Gasteiger partial charge >= 0.3 is 0 Å². The van der Waals surface area contributed by atoms with Crippen molar-refractivity contribution in [2.24, 2.45) is 5.84 Å². The smallest absolute Gasteiger partial charge is 0.123 e. The summed E-state index contributed by atoms with van der Waals surface area (Å²) in [6.07, 6.45) is 0. The molecule has 0 fully saturated rings. The molecule has 1 aromatic rings. The Morgan fingerprint density at radius 1 is 1.46 bits per heavy atom. The first-order chi connectivity index (χ1) is 6.06. The summed E-state index contributed by atoms with van der Waals surface area (Å²) in [5.74, 6) is 4.78. The van der Waals surface area contributed by atoms with Crippen molar-refractivity contribution in [1.82, 2.24) is 5.43 Å². The lowest BCUT2D eigenvalue weighted by Gasteiger charge is -2.22. The fourth-order valence-corrected chi connectivity index (χ4v) is 1.11. The Kier molecular flexibility index (Phi) is 2.98. The van der Waals surface area contributed by atoms with Crippen molar-refractivity contribution < 1.29 is 9.50 Å². The Bertz CT molecular complexity index is 271. The van der Waals surface area contributed by atoms with Crippen LogP contribution in [0, 0.1) is 5.82 Å². The quantitative estimate of drug-likeness (QED) is 0.473. The maximum Gasteiger partial charge on any atom is 0.123 e. The third kappa shape index (κ3) is 2.48. The van der Waals surface area contributed by atoms with Gasteiger partial charge in [0.2, 0.25) is 0 Å². The summed E-state index contributed by atoms with van der Waals surface area (Å²) in [7, 11) is 0. The van der Waals surface area contributed by atoms with E-state index in [9.17, 15) is 9.50 Å². The second-order valence-corrected chi connectivity index (χ2v) is 3.16. The molecule has 0 aliphatic rings. The van der Waals surface area contributed by atoms with Crippen molar-refractivity contribution in [1.29, 1.82) is 0 Å². The molecule has 3 nitrogen and oxygen atoms in total. The minimum atomic E-state index is -1.07. The zero-order valence-electron chi connectivity index (χ0n) is 7.42. The van der Waals surface area contributed by atoms with Gasteiger partial charge in [-0.25, -0.2) is 4.39 Å². The average molecular weight is 184 g/mol. The Balaban J connectivity index is 2.87. The van der Waals surface area contributed by atoms with Gasteiger partial charge in [-0.15, -0.1) is 0 Å². The minimum Gasteiger partial charge on any atom is -0.384 e. The van der Waals surface area contributed by atoms with Crippen molar-refractivity contribution in [3.63, 3.8) is 0 Å². The summed E-state index contributed by atoms with van der Waals surface area (Å²) in [6.45, 7) is 1.83. The highest BCUT2D eigenvalue weighted by atomic mass is 19.1. The fraction of sp³-hybridized carbons (Fsp3) is 0.333. The van der Waals surface area contributed by atoms with Gasteiger partial charge in [0.25, 0.3) is 0 Å². The first-order valence-corrected chi connectivity index (χ1v) is 3.98. The van der Waals surface area contributed by atoms with Gasteiger partial charge in [0, 0.05) is 6.54 Å². The number of hydrogen-bond acceptors (Lipinski definition) is 3. The van der Waals surface area contributed by atoms with Crippen LogP contribution in [0.25, 0.3) is 0 Å². The Morgan fingerprint density at radius 2 is 2.00 bits per heavy atom. The van der Waals surface area contributed by atoms with Crippen LogP contribution in [-0.2, 0) is 5.60 Å². The molecule has 1 rings (SSSR count). The molecule has 4 N–H and O–H groups in total. The number of rotatable bonds is 3. The highest BCUT2D eigenvalue weighted by molar-refractivity contribution is 5.22. The predicted octanol–water partition coefficient (Wildman–Crippen LogP) is 0.496. The summed E-state index contributed by atoms with van der Waals surface area (Å²) in [5.41, 5.74) is 1.94. The molecule has 0 aliphatic carbocycles. The van der Waals surface area contributed by atoms with Gasteiger partial charge in [0.15, 0.2) is 0 Å². The molecule has 0 spiro atoms. The topological polar surface area (TPSA) is 58.3 Å². The molecule has 0 aliphatic heterocycles. The van der Waals surface area contributed by atoms with Crippen LogP contribution in [-0.4, -0.2) is 11.7 Å². The van der Waals surface area contributed by atoms with Gasteiger partial charge in [0.05, 0.1) is 0 Å². The molecule has 72 valence electrons. The molecule has 1 aromatic carbocycles. The third-order valence-electron chi connectivity index (χ3n) is 1.91. The van der Waals surface area contributed by atoms with Gasteiger partial charge in [-0.1, -0.05) is 12.1 Å². The first kappa shape index (κ1) is 10.1. The molecule has 0 saturated carbocycles. The van der Waals surface area contributed by atoms with E-state index in [1.807, 2.05) is 0 Å². The molecule has 0 radical (unpaired) electrons. The molecule has 0 bridgehead atoms. The van der Waals surface area contributed by atoms with E-state index in [-0.39, 0.29) is 12.4 Å². The van der Waals surface area contributed by atoms with Crippen LogP contribution >= 0.6 is 0 Å². The largest absolute Gasteiger partial charge is 0.384 e. The second kappa shape index (κ2) is 3.83. The normalized spacial score (nSPS) is 15.4. The van der Waals surface area contributed by atoms with Crippen molar-refractivity contribution in [3.8, 4) is 0 Å². The van der Waals surface area contributed by atoms with E-state index in [0.29, 0.717) is 5.56 Å². The number of halogens is 1. The lowest BCUT2D eigenvalue weighted by atomic mass is 9.96. The molecule has 0 saturated heterocycles. The van der Waals surface area contributed by atoms with Crippen LogP contribution in [0.4, 0.5) is 4.39 Å². The van der Waals surface area contributed by atoms with Crippen molar-refractivity contribution in [2.75, 3.05) is 6.54 Å². The lowest BCUT2D eigenvalue weighted by molar-refractivity contribution is 0.0572. The summed E-state index contributed by atoms with van der Waals surface area (Å²) in [5, 5.41) is 9.81. The van der Waals surface area contributed by atoms with Gasteiger partial charge in [-0.3, -0.25) is 11.3 Å². The zero-order chi connectivity index (χ0) is 9.90. The van der Waals surface area contributed by atoms with E-state index in [0.717, 1.165) is 0 Å². The van der Waals surface area contributed by atoms with Crippen molar-refractivity contribution in [2.45, 2.75) is 12.5 Å². The van der Waals surface area contributed by atoms with Crippen molar-refractivity contribution in [3.05, 3.63) is 35.6 Å². The van der Waals surface area contributed by atoms with Crippen molar-refractivity contribution >= 4 is 0 Å².